The van der Waals surface area contributed by atoms with Gasteiger partial charge in [0.25, 0.3) is 0 Å². The normalized spacial score (nSPS) is 19.6. The lowest BCUT2D eigenvalue weighted by Gasteiger charge is -2.13. The van der Waals surface area contributed by atoms with Gasteiger partial charge in [0.2, 0.25) is 0 Å². The van der Waals surface area contributed by atoms with Gasteiger partial charge in [-0.2, -0.15) is 0 Å². The van der Waals surface area contributed by atoms with Crippen LogP contribution in [0.3, 0.4) is 0 Å². The average molecular weight is 335 g/mol. The molecule has 1 atom stereocenters. The van der Waals surface area contributed by atoms with E-state index in [1.54, 1.807) is 0 Å². The van der Waals surface area contributed by atoms with Crippen molar-refractivity contribution in [1.82, 2.24) is 10.2 Å². The molecule has 1 aliphatic rings. The Kier molecular flexibility index (Phi) is 4.24. The summed E-state index contributed by atoms with van der Waals surface area (Å²) in [6, 6.07) is 13.0. The number of nitrogens with one attached hydrogen (secondary N) is 1. The summed E-state index contributed by atoms with van der Waals surface area (Å²) in [5.41, 5.74) is 1.12. The van der Waals surface area contributed by atoms with E-state index in [-0.39, 0.29) is 0 Å². The first-order chi connectivity index (χ1) is 9.74. The number of furan rings is 1. The van der Waals surface area contributed by atoms with Crippen LogP contribution in [0, 0.1) is 0 Å². The van der Waals surface area contributed by atoms with Gasteiger partial charge < -0.3 is 9.73 Å². The van der Waals surface area contributed by atoms with E-state index >= 15 is 0 Å². The van der Waals surface area contributed by atoms with E-state index in [0.29, 0.717) is 6.04 Å². The summed E-state index contributed by atoms with van der Waals surface area (Å²) < 4.78 is 7.05. The molecule has 2 aromatic rings. The number of hydrogen-bond donors (Lipinski definition) is 1. The Bertz CT molecular complexity index is 564. The molecule has 20 heavy (non-hydrogen) atoms. The van der Waals surface area contributed by atoms with Crippen molar-refractivity contribution in [2.75, 3.05) is 20.1 Å². The molecule has 4 heteroatoms. The summed E-state index contributed by atoms with van der Waals surface area (Å²) in [7, 11) is 2.03. The highest BCUT2D eigenvalue weighted by atomic mass is 79.9. The molecule has 1 aromatic carbocycles. The molecule has 2 heterocycles. The van der Waals surface area contributed by atoms with Crippen molar-refractivity contribution in [3.63, 3.8) is 0 Å². The fourth-order valence-corrected chi connectivity index (χ4v) is 2.93. The largest absolute Gasteiger partial charge is 0.460 e. The van der Waals surface area contributed by atoms with E-state index in [4.69, 9.17) is 4.42 Å². The zero-order chi connectivity index (χ0) is 13.9. The van der Waals surface area contributed by atoms with Gasteiger partial charge >= 0.3 is 0 Å². The van der Waals surface area contributed by atoms with Crippen LogP contribution in [-0.4, -0.2) is 31.1 Å². The van der Waals surface area contributed by atoms with Crippen molar-refractivity contribution in [3.8, 4) is 11.3 Å². The Balaban J connectivity index is 1.66. The van der Waals surface area contributed by atoms with E-state index < -0.39 is 0 Å². The molecule has 1 saturated heterocycles. The van der Waals surface area contributed by atoms with Crippen LogP contribution in [0.2, 0.25) is 0 Å². The maximum atomic E-state index is 5.96. The molecular formula is C16H19BrN2O. The first kappa shape index (κ1) is 13.9. The fourth-order valence-electron chi connectivity index (χ4n) is 2.66. The van der Waals surface area contributed by atoms with Crippen LogP contribution >= 0.6 is 15.9 Å². The van der Waals surface area contributed by atoms with Crippen molar-refractivity contribution < 1.29 is 4.42 Å². The van der Waals surface area contributed by atoms with E-state index in [9.17, 15) is 0 Å². The lowest BCUT2D eigenvalue weighted by molar-refractivity contribution is 0.292. The molecule has 0 spiro atoms. The van der Waals surface area contributed by atoms with Crippen molar-refractivity contribution >= 4 is 15.9 Å². The van der Waals surface area contributed by atoms with Crippen LogP contribution in [0.4, 0.5) is 0 Å². The minimum atomic E-state index is 0.621. The first-order valence-electron chi connectivity index (χ1n) is 6.99. The molecule has 1 fully saturated rings. The standard InChI is InChI=1S/C16H19BrN2O/c1-18-14-8-9-19(10-14)11-15-6-7-16(20-15)12-2-4-13(17)5-3-12/h2-7,14,18H,8-11H2,1H3. The Labute approximate surface area is 128 Å². The summed E-state index contributed by atoms with van der Waals surface area (Å²) in [5.74, 6) is 1.98. The van der Waals surface area contributed by atoms with Gasteiger partial charge in [0.15, 0.2) is 0 Å². The minimum Gasteiger partial charge on any atom is -0.460 e. The van der Waals surface area contributed by atoms with Gasteiger partial charge in [-0.05, 0) is 37.7 Å². The van der Waals surface area contributed by atoms with Crippen LogP contribution in [0.5, 0.6) is 0 Å². The smallest absolute Gasteiger partial charge is 0.134 e. The number of benzene rings is 1. The van der Waals surface area contributed by atoms with Crippen LogP contribution in [-0.2, 0) is 6.54 Å². The molecule has 1 aromatic heterocycles. The fraction of sp³-hybridized carbons (Fsp3) is 0.375. The van der Waals surface area contributed by atoms with E-state index in [1.165, 1.54) is 6.42 Å². The van der Waals surface area contributed by atoms with Gasteiger partial charge in [0, 0.05) is 29.2 Å². The zero-order valence-electron chi connectivity index (χ0n) is 11.6. The summed E-state index contributed by atoms with van der Waals surface area (Å²) >= 11 is 3.45. The second kappa shape index (κ2) is 6.12. The van der Waals surface area contributed by atoms with Gasteiger partial charge in [-0.25, -0.2) is 0 Å². The predicted molar refractivity (Wildman–Crippen MR) is 84.6 cm³/mol. The average Bonchev–Trinajstić information content (AvgIpc) is 3.09. The second-order valence-corrected chi connectivity index (χ2v) is 6.20. The topological polar surface area (TPSA) is 28.4 Å². The molecule has 3 rings (SSSR count). The molecule has 1 unspecified atom stereocenters. The highest BCUT2D eigenvalue weighted by Gasteiger charge is 2.21. The third kappa shape index (κ3) is 3.14. The van der Waals surface area contributed by atoms with Gasteiger partial charge in [-0.3, -0.25) is 4.90 Å². The lowest BCUT2D eigenvalue weighted by atomic mass is 10.2. The maximum absolute atomic E-state index is 5.96. The summed E-state index contributed by atoms with van der Waals surface area (Å²) in [4.78, 5) is 2.44. The summed E-state index contributed by atoms with van der Waals surface area (Å²) in [6.45, 7) is 3.14. The van der Waals surface area contributed by atoms with Crippen LogP contribution < -0.4 is 5.32 Å². The molecule has 106 valence electrons. The molecule has 1 aliphatic heterocycles. The maximum Gasteiger partial charge on any atom is 0.134 e. The molecule has 0 aliphatic carbocycles. The molecule has 0 saturated carbocycles. The third-order valence-corrected chi connectivity index (χ3v) is 4.38. The SMILES string of the molecule is CNC1CCN(Cc2ccc(-c3ccc(Br)cc3)o2)C1. The predicted octanol–water partition coefficient (Wildman–Crippen LogP) is 3.50. The first-order valence-corrected chi connectivity index (χ1v) is 7.78. The third-order valence-electron chi connectivity index (χ3n) is 3.85. The number of rotatable bonds is 4. The number of likely N-dealkylation sites (N-methyl/N-ethyl adjacent to an activating group) is 1. The number of likely N-dealkylation sites (tertiary alicyclic amines) is 1. The Morgan fingerprint density at radius 3 is 2.75 bits per heavy atom. The van der Waals surface area contributed by atoms with E-state index in [1.807, 2.05) is 19.2 Å². The summed E-state index contributed by atoms with van der Waals surface area (Å²) in [5, 5.41) is 3.34. The number of halogens is 1. The molecular weight excluding hydrogens is 316 g/mol. The lowest BCUT2D eigenvalue weighted by Crippen LogP contribution is -2.29. The molecule has 0 radical (unpaired) electrons. The Morgan fingerprint density at radius 2 is 2.05 bits per heavy atom. The summed E-state index contributed by atoms with van der Waals surface area (Å²) in [6.07, 6.45) is 1.22. The second-order valence-electron chi connectivity index (χ2n) is 5.28. The van der Waals surface area contributed by atoms with E-state index in [0.717, 1.165) is 41.2 Å². The van der Waals surface area contributed by atoms with Gasteiger partial charge in [0.1, 0.15) is 11.5 Å². The number of hydrogen-bond acceptors (Lipinski definition) is 3. The zero-order valence-corrected chi connectivity index (χ0v) is 13.2. The van der Waals surface area contributed by atoms with Gasteiger partial charge in [-0.15, -0.1) is 0 Å². The van der Waals surface area contributed by atoms with Gasteiger partial charge in [0.05, 0.1) is 6.54 Å². The molecule has 3 nitrogen and oxygen atoms in total. The van der Waals surface area contributed by atoms with Crippen molar-refractivity contribution in [2.24, 2.45) is 0 Å². The molecule has 0 bridgehead atoms. The van der Waals surface area contributed by atoms with Crippen LogP contribution in [0.25, 0.3) is 11.3 Å². The molecule has 0 amide bonds. The van der Waals surface area contributed by atoms with Crippen molar-refractivity contribution in [1.29, 1.82) is 0 Å². The number of nitrogens with zero attached hydrogens (tertiary/aromatic N) is 1. The van der Waals surface area contributed by atoms with Crippen molar-refractivity contribution in [2.45, 2.75) is 19.0 Å². The highest BCUT2D eigenvalue weighted by Crippen LogP contribution is 2.25. The van der Waals surface area contributed by atoms with E-state index in [2.05, 4.69) is 50.4 Å². The highest BCUT2D eigenvalue weighted by molar-refractivity contribution is 9.10. The van der Waals surface area contributed by atoms with Crippen LogP contribution in [0.15, 0.2) is 45.3 Å². The Hall–Kier alpha value is -1.10. The molecule has 1 N–H and O–H groups in total. The monoisotopic (exact) mass is 334 g/mol. The Morgan fingerprint density at radius 1 is 1.25 bits per heavy atom. The minimum absolute atomic E-state index is 0.621. The van der Waals surface area contributed by atoms with Crippen LogP contribution in [0.1, 0.15) is 12.2 Å². The van der Waals surface area contributed by atoms with Gasteiger partial charge in [-0.1, -0.05) is 28.1 Å². The quantitative estimate of drug-likeness (QED) is 0.927. The van der Waals surface area contributed by atoms with Crippen molar-refractivity contribution in [3.05, 3.63) is 46.6 Å².